The van der Waals surface area contributed by atoms with Crippen LogP contribution in [0.25, 0.3) is 0 Å². The number of para-hydroxylation sites is 1. The minimum absolute atomic E-state index is 0.111. The van der Waals surface area contributed by atoms with Crippen molar-refractivity contribution in [3.63, 3.8) is 0 Å². The number of allylic oxidation sites excluding steroid dienone is 3. The highest BCUT2D eigenvalue weighted by Gasteiger charge is 2.66. The van der Waals surface area contributed by atoms with Crippen LogP contribution < -0.4 is 4.90 Å². The SMILES string of the molecule is CC(C)=CCN1c2ccccc2[C@]2(CC=C(C)C)C[C@H]3C(=O)N4CCC[C@H]4C(=O)N3[C@H]12. The Bertz CT molecular complexity index is 988. The summed E-state index contributed by atoms with van der Waals surface area (Å²) < 4.78 is 0. The van der Waals surface area contributed by atoms with Gasteiger partial charge in [-0.25, -0.2) is 0 Å². The molecule has 4 aliphatic rings. The molecule has 0 aliphatic carbocycles. The molecule has 164 valence electrons. The zero-order valence-electron chi connectivity index (χ0n) is 19.1. The maximum atomic E-state index is 13.8. The van der Waals surface area contributed by atoms with Crippen molar-refractivity contribution in [2.45, 2.75) is 77.0 Å². The van der Waals surface area contributed by atoms with E-state index in [0.717, 1.165) is 32.4 Å². The fourth-order valence-corrected chi connectivity index (χ4v) is 6.26. The average Bonchev–Trinajstić information content (AvgIpc) is 3.41. The van der Waals surface area contributed by atoms with Crippen molar-refractivity contribution in [1.82, 2.24) is 9.80 Å². The van der Waals surface area contributed by atoms with Crippen LogP contribution in [0.5, 0.6) is 0 Å². The van der Waals surface area contributed by atoms with Crippen LogP contribution in [0.2, 0.25) is 0 Å². The van der Waals surface area contributed by atoms with Crippen molar-refractivity contribution in [2.24, 2.45) is 0 Å². The number of benzene rings is 1. The van der Waals surface area contributed by atoms with Gasteiger partial charge >= 0.3 is 0 Å². The minimum Gasteiger partial charge on any atom is -0.346 e. The van der Waals surface area contributed by atoms with Crippen molar-refractivity contribution in [3.05, 3.63) is 53.1 Å². The van der Waals surface area contributed by atoms with Gasteiger partial charge in [0.15, 0.2) is 0 Å². The van der Waals surface area contributed by atoms with Gasteiger partial charge in [-0.1, -0.05) is 41.5 Å². The lowest BCUT2D eigenvalue weighted by atomic mass is 9.75. The summed E-state index contributed by atoms with van der Waals surface area (Å²) in [6.07, 6.45) is 7.70. The first-order chi connectivity index (χ1) is 14.8. The van der Waals surface area contributed by atoms with E-state index in [2.05, 4.69) is 69.0 Å². The maximum Gasteiger partial charge on any atom is 0.247 e. The Kier molecular flexibility index (Phi) is 4.76. The van der Waals surface area contributed by atoms with E-state index >= 15 is 0 Å². The van der Waals surface area contributed by atoms with Gasteiger partial charge in [0.25, 0.3) is 0 Å². The van der Waals surface area contributed by atoms with E-state index in [1.807, 2.05) is 9.80 Å². The molecule has 0 radical (unpaired) electrons. The van der Waals surface area contributed by atoms with Gasteiger partial charge in [0.2, 0.25) is 11.8 Å². The first-order valence-corrected chi connectivity index (χ1v) is 11.6. The van der Waals surface area contributed by atoms with Crippen molar-refractivity contribution in [2.75, 3.05) is 18.0 Å². The molecule has 0 unspecified atom stereocenters. The predicted molar refractivity (Wildman–Crippen MR) is 123 cm³/mol. The summed E-state index contributed by atoms with van der Waals surface area (Å²) in [4.78, 5) is 33.5. The molecule has 1 aromatic carbocycles. The second-order valence-electron chi connectivity index (χ2n) is 10.1. The molecule has 4 atom stereocenters. The van der Waals surface area contributed by atoms with Crippen LogP contribution in [0.15, 0.2) is 47.6 Å². The highest BCUT2D eigenvalue weighted by atomic mass is 16.2. The molecule has 3 fully saturated rings. The first kappa shape index (κ1) is 20.3. The number of rotatable bonds is 4. The molecule has 2 amide bonds. The number of fused-ring (bicyclic) bond motifs is 6. The fraction of sp³-hybridized carbons (Fsp3) is 0.538. The molecule has 5 nitrogen and oxygen atoms in total. The molecule has 1 aromatic rings. The normalized spacial score (nSPS) is 30.7. The second kappa shape index (κ2) is 7.25. The second-order valence-corrected chi connectivity index (χ2v) is 10.1. The van der Waals surface area contributed by atoms with Gasteiger partial charge in [0.1, 0.15) is 18.2 Å². The quantitative estimate of drug-likeness (QED) is 0.693. The van der Waals surface area contributed by atoms with E-state index in [1.54, 1.807) is 0 Å². The summed E-state index contributed by atoms with van der Waals surface area (Å²) in [5.74, 6) is 0.314. The van der Waals surface area contributed by atoms with Gasteiger partial charge < -0.3 is 14.7 Å². The van der Waals surface area contributed by atoms with Crippen molar-refractivity contribution in [1.29, 1.82) is 0 Å². The minimum atomic E-state index is -0.347. The van der Waals surface area contributed by atoms with Crippen LogP contribution in [0.1, 0.15) is 58.9 Å². The van der Waals surface area contributed by atoms with Crippen LogP contribution in [0.4, 0.5) is 5.69 Å². The highest BCUT2D eigenvalue weighted by Crippen LogP contribution is 2.57. The summed E-state index contributed by atoms with van der Waals surface area (Å²) in [5, 5.41) is 0. The Morgan fingerprint density at radius 2 is 1.77 bits per heavy atom. The Morgan fingerprint density at radius 3 is 2.52 bits per heavy atom. The van der Waals surface area contributed by atoms with E-state index in [0.29, 0.717) is 6.42 Å². The molecular weight excluding hydrogens is 386 g/mol. The molecular formula is C26H33N3O2. The number of carbonyl (C=O) groups excluding carboxylic acids is 2. The Hall–Kier alpha value is -2.56. The summed E-state index contributed by atoms with van der Waals surface area (Å²) >= 11 is 0. The van der Waals surface area contributed by atoms with E-state index in [1.165, 1.54) is 22.4 Å². The first-order valence-electron chi connectivity index (χ1n) is 11.6. The zero-order valence-corrected chi connectivity index (χ0v) is 19.1. The summed E-state index contributed by atoms with van der Waals surface area (Å²) in [5.41, 5.74) is 4.78. The van der Waals surface area contributed by atoms with Gasteiger partial charge in [-0.05, 0) is 65.0 Å². The van der Waals surface area contributed by atoms with E-state index in [4.69, 9.17) is 0 Å². The molecule has 0 spiro atoms. The lowest BCUT2D eigenvalue weighted by Gasteiger charge is -2.44. The fourth-order valence-electron chi connectivity index (χ4n) is 6.26. The van der Waals surface area contributed by atoms with Gasteiger partial charge in [-0.2, -0.15) is 0 Å². The predicted octanol–water partition coefficient (Wildman–Crippen LogP) is 4.00. The molecule has 3 saturated heterocycles. The zero-order chi connectivity index (χ0) is 21.9. The van der Waals surface area contributed by atoms with Crippen LogP contribution in [0.3, 0.4) is 0 Å². The summed E-state index contributed by atoms with van der Waals surface area (Å²) in [6.45, 7) is 9.96. The number of amides is 2. The van der Waals surface area contributed by atoms with Crippen molar-refractivity contribution in [3.8, 4) is 0 Å². The molecule has 0 aromatic heterocycles. The highest BCUT2D eigenvalue weighted by molar-refractivity contribution is 5.99. The lowest BCUT2D eigenvalue weighted by Crippen LogP contribution is -2.65. The summed E-state index contributed by atoms with van der Waals surface area (Å²) in [7, 11) is 0. The van der Waals surface area contributed by atoms with Crippen LogP contribution in [0, 0.1) is 0 Å². The number of carbonyl (C=O) groups is 2. The number of piperazine rings is 1. The molecule has 5 heteroatoms. The Balaban J connectivity index is 1.67. The standard InChI is InChI=1S/C26H33N3O2/c1-17(2)11-13-26-16-22-23(30)27-14-7-10-21(27)24(31)29(22)25(26)28(15-12-18(3)4)20-9-6-5-8-19(20)26/h5-6,8-9,11-12,21-22,25H,7,10,13-16H2,1-4H3/t21-,22-,25-,26-/m0/s1. The Morgan fingerprint density at radius 1 is 1.03 bits per heavy atom. The lowest BCUT2D eigenvalue weighted by molar-refractivity contribution is -0.159. The molecule has 0 bridgehead atoms. The topological polar surface area (TPSA) is 43.9 Å². The van der Waals surface area contributed by atoms with Crippen molar-refractivity contribution >= 4 is 17.5 Å². The molecule has 0 saturated carbocycles. The Labute approximate surface area is 185 Å². The average molecular weight is 420 g/mol. The largest absolute Gasteiger partial charge is 0.346 e. The number of hydrogen-bond acceptors (Lipinski definition) is 3. The summed E-state index contributed by atoms with van der Waals surface area (Å²) in [6, 6.07) is 7.98. The van der Waals surface area contributed by atoms with Gasteiger partial charge in [-0.15, -0.1) is 0 Å². The molecule has 4 heterocycles. The number of hydrogen-bond donors (Lipinski definition) is 0. The molecule has 31 heavy (non-hydrogen) atoms. The smallest absolute Gasteiger partial charge is 0.247 e. The van der Waals surface area contributed by atoms with Crippen LogP contribution in [-0.4, -0.2) is 53.0 Å². The third-order valence-electron chi connectivity index (χ3n) is 7.63. The third kappa shape index (κ3) is 2.89. The third-order valence-corrected chi connectivity index (χ3v) is 7.63. The molecule has 5 rings (SSSR count). The number of nitrogens with zero attached hydrogens (tertiary/aromatic N) is 3. The molecule has 4 aliphatic heterocycles. The van der Waals surface area contributed by atoms with Gasteiger partial charge in [0, 0.05) is 24.2 Å². The van der Waals surface area contributed by atoms with Crippen LogP contribution >= 0.6 is 0 Å². The van der Waals surface area contributed by atoms with E-state index in [9.17, 15) is 9.59 Å². The van der Waals surface area contributed by atoms with Gasteiger partial charge in [0.05, 0.1) is 0 Å². The monoisotopic (exact) mass is 419 g/mol. The molecule has 0 N–H and O–H groups in total. The van der Waals surface area contributed by atoms with Gasteiger partial charge in [-0.3, -0.25) is 9.59 Å². The maximum absolute atomic E-state index is 13.8. The van der Waals surface area contributed by atoms with Crippen molar-refractivity contribution < 1.29 is 9.59 Å². The number of anilines is 1. The van der Waals surface area contributed by atoms with Crippen LogP contribution in [-0.2, 0) is 15.0 Å². The van der Waals surface area contributed by atoms with E-state index in [-0.39, 0.29) is 35.5 Å². The van der Waals surface area contributed by atoms with E-state index < -0.39 is 0 Å².